The van der Waals surface area contributed by atoms with Crippen molar-refractivity contribution in [3.8, 4) is 0 Å². The van der Waals surface area contributed by atoms with Crippen LogP contribution in [0.25, 0.3) is 0 Å². The van der Waals surface area contributed by atoms with Gasteiger partial charge in [-0.15, -0.1) is 0 Å². The molecule has 0 aliphatic carbocycles. The lowest BCUT2D eigenvalue weighted by molar-refractivity contribution is -0.138. The van der Waals surface area contributed by atoms with E-state index in [1.54, 1.807) is 13.8 Å². The molecular formula is C13H20O4. The molecule has 0 atom stereocenters. The van der Waals surface area contributed by atoms with Crippen molar-refractivity contribution in [2.75, 3.05) is 13.2 Å². The minimum atomic E-state index is -0.498. The molecule has 0 rings (SSSR count). The van der Waals surface area contributed by atoms with Gasteiger partial charge in [-0.2, -0.15) is 0 Å². The first-order chi connectivity index (χ1) is 8.02. The molecule has 4 nitrogen and oxygen atoms in total. The van der Waals surface area contributed by atoms with Crippen molar-refractivity contribution in [1.82, 2.24) is 0 Å². The van der Waals surface area contributed by atoms with Gasteiger partial charge in [0, 0.05) is 5.57 Å². The Morgan fingerprint density at radius 2 is 1.82 bits per heavy atom. The third-order valence-corrected chi connectivity index (χ3v) is 1.98. The molecule has 96 valence electrons. The topological polar surface area (TPSA) is 52.6 Å². The van der Waals surface area contributed by atoms with E-state index in [9.17, 15) is 9.59 Å². The fourth-order valence-corrected chi connectivity index (χ4v) is 1.03. The van der Waals surface area contributed by atoms with Crippen LogP contribution in [-0.4, -0.2) is 25.2 Å². The summed E-state index contributed by atoms with van der Waals surface area (Å²) >= 11 is 0. The number of carbonyl (C=O) groups is 2. The van der Waals surface area contributed by atoms with Crippen LogP contribution >= 0.6 is 0 Å². The lowest BCUT2D eigenvalue weighted by Crippen LogP contribution is -2.10. The van der Waals surface area contributed by atoms with Crippen molar-refractivity contribution in [3.05, 3.63) is 23.8 Å². The molecule has 0 unspecified atom stereocenters. The molecule has 0 saturated carbocycles. The van der Waals surface area contributed by atoms with E-state index >= 15 is 0 Å². The van der Waals surface area contributed by atoms with Crippen LogP contribution in [0, 0.1) is 0 Å². The Kier molecular flexibility index (Phi) is 7.76. The number of carbonyl (C=O) groups excluding carboxylic acids is 2. The zero-order chi connectivity index (χ0) is 13.3. The van der Waals surface area contributed by atoms with E-state index in [0.717, 1.165) is 12.8 Å². The summed E-state index contributed by atoms with van der Waals surface area (Å²) in [6.07, 6.45) is 3.16. The monoisotopic (exact) mass is 240 g/mol. The summed E-state index contributed by atoms with van der Waals surface area (Å²) in [6.45, 7) is 9.54. The molecule has 0 saturated heterocycles. The summed E-state index contributed by atoms with van der Waals surface area (Å²) in [4.78, 5) is 22.7. The Hall–Kier alpha value is -1.58. The summed E-state index contributed by atoms with van der Waals surface area (Å²) in [5.74, 6) is -0.947. The van der Waals surface area contributed by atoms with E-state index in [0.29, 0.717) is 18.8 Å². The first-order valence-corrected chi connectivity index (χ1v) is 5.74. The van der Waals surface area contributed by atoms with Gasteiger partial charge in [0.2, 0.25) is 0 Å². The molecule has 0 N–H and O–H groups in total. The smallest absolute Gasteiger partial charge is 0.337 e. The predicted octanol–water partition coefficient (Wildman–Crippen LogP) is 2.40. The Morgan fingerprint density at radius 1 is 1.18 bits per heavy atom. The molecule has 0 heterocycles. The second-order valence-corrected chi connectivity index (χ2v) is 3.56. The average molecular weight is 240 g/mol. The molecule has 17 heavy (non-hydrogen) atoms. The van der Waals surface area contributed by atoms with Crippen LogP contribution in [0.1, 0.15) is 33.6 Å². The molecule has 0 radical (unpaired) electrons. The average Bonchev–Trinajstić information content (AvgIpc) is 2.29. The van der Waals surface area contributed by atoms with Gasteiger partial charge in [-0.05, 0) is 26.3 Å². The van der Waals surface area contributed by atoms with Crippen LogP contribution in [0.15, 0.2) is 23.8 Å². The highest BCUT2D eigenvalue weighted by molar-refractivity contribution is 5.95. The molecule has 0 aromatic carbocycles. The van der Waals surface area contributed by atoms with E-state index in [2.05, 4.69) is 6.58 Å². The highest BCUT2D eigenvalue weighted by Gasteiger charge is 2.10. The fraction of sp³-hybridized carbons (Fsp3) is 0.538. The fourth-order valence-electron chi connectivity index (χ4n) is 1.03. The molecule has 0 bridgehead atoms. The first kappa shape index (κ1) is 15.4. The normalized spacial score (nSPS) is 10.9. The van der Waals surface area contributed by atoms with E-state index in [1.807, 2.05) is 6.92 Å². The maximum Gasteiger partial charge on any atom is 0.337 e. The number of esters is 2. The van der Waals surface area contributed by atoms with Crippen LogP contribution < -0.4 is 0 Å². The summed E-state index contributed by atoms with van der Waals surface area (Å²) in [6, 6.07) is 0. The Labute approximate surface area is 102 Å². The molecule has 0 amide bonds. The maximum absolute atomic E-state index is 11.4. The number of unbranched alkanes of at least 4 members (excludes halogenated alkanes) is 1. The SMILES string of the molecule is C=C(/C=C(\C)C(=O)OCC)C(=O)OCCCC. The lowest BCUT2D eigenvalue weighted by atomic mass is 10.2. The van der Waals surface area contributed by atoms with E-state index < -0.39 is 11.9 Å². The van der Waals surface area contributed by atoms with Crippen LogP contribution in [0.5, 0.6) is 0 Å². The lowest BCUT2D eigenvalue weighted by Gasteiger charge is -2.05. The number of rotatable bonds is 7. The van der Waals surface area contributed by atoms with Crippen molar-refractivity contribution < 1.29 is 19.1 Å². The van der Waals surface area contributed by atoms with E-state index in [1.165, 1.54) is 6.08 Å². The zero-order valence-electron chi connectivity index (χ0n) is 10.7. The van der Waals surface area contributed by atoms with Crippen LogP contribution in [-0.2, 0) is 19.1 Å². The molecule has 0 fully saturated rings. The van der Waals surface area contributed by atoms with Gasteiger partial charge in [-0.25, -0.2) is 9.59 Å². The largest absolute Gasteiger partial charge is 0.463 e. The first-order valence-electron chi connectivity index (χ1n) is 5.74. The third kappa shape index (κ3) is 6.56. The second kappa shape index (κ2) is 8.56. The van der Waals surface area contributed by atoms with Gasteiger partial charge >= 0.3 is 11.9 Å². The van der Waals surface area contributed by atoms with Gasteiger partial charge < -0.3 is 9.47 Å². The highest BCUT2D eigenvalue weighted by atomic mass is 16.5. The van der Waals surface area contributed by atoms with Crippen LogP contribution in [0.2, 0.25) is 0 Å². The van der Waals surface area contributed by atoms with Crippen molar-refractivity contribution in [3.63, 3.8) is 0 Å². The summed E-state index contributed by atoms with van der Waals surface area (Å²) in [7, 11) is 0. The van der Waals surface area contributed by atoms with Gasteiger partial charge in [0.25, 0.3) is 0 Å². The zero-order valence-corrected chi connectivity index (χ0v) is 10.7. The van der Waals surface area contributed by atoms with Gasteiger partial charge in [0.05, 0.1) is 18.8 Å². The number of ether oxygens (including phenoxy) is 2. The maximum atomic E-state index is 11.4. The highest BCUT2D eigenvalue weighted by Crippen LogP contribution is 2.05. The minimum Gasteiger partial charge on any atom is -0.463 e. The molecule has 0 spiro atoms. The van der Waals surface area contributed by atoms with Gasteiger partial charge in [-0.1, -0.05) is 19.9 Å². The predicted molar refractivity (Wildman–Crippen MR) is 65.4 cm³/mol. The molecule has 0 aliphatic rings. The van der Waals surface area contributed by atoms with Crippen molar-refractivity contribution >= 4 is 11.9 Å². The minimum absolute atomic E-state index is 0.159. The van der Waals surface area contributed by atoms with Gasteiger partial charge in [0.15, 0.2) is 0 Å². The summed E-state index contributed by atoms with van der Waals surface area (Å²) < 4.78 is 9.73. The van der Waals surface area contributed by atoms with Crippen LogP contribution in [0.3, 0.4) is 0 Å². The standard InChI is InChI=1S/C13H20O4/c1-5-7-8-17-13(15)11(4)9-10(3)12(14)16-6-2/h9H,4-8H2,1-3H3/b10-9+. The molecule has 4 heteroatoms. The third-order valence-electron chi connectivity index (χ3n) is 1.98. The molecule has 0 aliphatic heterocycles. The molecule has 0 aromatic heterocycles. The van der Waals surface area contributed by atoms with Crippen molar-refractivity contribution in [1.29, 1.82) is 0 Å². The van der Waals surface area contributed by atoms with Gasteiger partial charge in [0.1, 0.15) is 0 Å². The van der Waals surface area contributed by atoms with Crippen molar-refractivity contribution in [2.45, 2.75) is 33.6 Å². The second-order valence-electron chi connectivity index (χ2n) is 3.56. The Bertz CT molecular complexity index is 315. The molecule has 0 aromatic rings. The molecular weight excluding hydrogens is 220 g/mol. The quantitative estimate of drug-likeness (QED) is 0.297. The summed E-state index contributed by atoms with van der Waals surface area (Å²) in [5, 5.41) is 0. The Morgan fingerprint density at radius 3 is 2.35 bits per heavy atom. The van der Waals surface area contributed by atoms with E-state index in [4.69, 9.17) is 9.47 Å². The van der Waals surface area contributed by atoms with Crippen molar-refractivity contribution in [2.24, 2.45) is 0 Å². The van der Waals surface area contributed by atoms with Gasteiger partial charge in [-0.3, -0.25) is 0 Å². The van der Waals surface area contributed by atoms with E-state index in [-0.39, 0.29) is 5.57 Å². The number of hydrogen-bond acceptors (Lipinski definition) is 4. The Balaban J connectivity index is 4.26. The van der Waals surface area contributed by atoms with Crippen LogP contribution in [0.4, 0.5) is 0 Å². The number of hydrogen-bond donors (Lipinski definition) is 0. The summed E-state index contributed by atoms with van der Waals surface area (Å²) in [5.41, 5.74) is 0.496.